The van der Waals surface area contributed by atoms with Gasteiger partial charge in [-0.25, -0.2) is 4.79 Å². The second kappa shape index (κ2) is 8.34. The van der Waals surface area contributed by atoms with E-state index in [-0.39, 0.29) is 6.09 Å². The lowest BCUT2D eigenvalue weighted by Gasteiger charge is -2.32. The van der Waals surface area contributed by atoms with Gasteiger partial charge in [-0.05, 0) is 59.3 Å². The van der Waals surface area contributed by atoms with Gasteiger partial charge in [-0.2, -0.15) is 0 Å². The molecule has 0 aromatic carbocycles. The van der Waals surface area contributed by atoms with Crippen LogP contribution in [0, 0.1) is 0 Å². The summed E-state index contributed by atoms with van der Waals surface area (Å²) in [6.45, 7) is 10.4. The zero-order chi connectivity index (χ0) is 16.9. The van der Waals surface area contributed by atoms with E-state index in [2.05, 4.69) is 12.2 Å². The molecular formula is C18H34N2O3. The topological polar surface area (TPSA) is 50.8 Å². The summed E-state index contributed by atoms with van der Waals surface area (Å²) in [5, 5.41) is 3.81. The predicted molar refractivity (Wildman–Crippen MR) is 91.6 cm³/mol. The highest BCUT2D eigenvalue weighted by molar-refractivity contribution is 5.68. The highest BCUT2D eigenvalue weighted by Gasteiger charge is 2.27. The van der Waals surface area contributed by atoms with Gasteiger partial charge in [0.2, 0.25) is 0 Å². The van der Waals surface area contributed by atoms with Crippen LogP contribution in [0.2, 0.25) is 0 Å². The van der Waals surface area contributed by atoms with Crippen LogP contribution in [0.3, 0.4) is 0 Å². The molecule has 5 heteroatoms. The number of nitrogens with one attached hydrogen (secondary N) is 1. The number of carbonyl (C=O) groups is 1. The highest BCUT2D eigenvalue weighted by atomic mass is 16.6. The van der Waals surface area contributed by atoms with Crippen molar-refractivity contribution in [2.24, 2.45) is 0 Å². The first-order chi connectivity index (χ1) is 10.9. The van der Waals surface area contributed by atoms with E-state index in [1.807, 2.05) is 25.7 Å². The third-order valence-corrected chi connectivity index (χ3v) is 4.67. The Kier molecular flexibility index (Phi) is 6.72. The minimum absolute atomic E-state index is 0.171. The number of likely N-dealkylation sites (tertiary alicyclic amines) is 1. The summed E-state index contributed by atoms with van der Waals surface area (Å²) in [6, 6.07) is 1.06. The van der Waals surface area contributed by atoms with Crippen molar-refractivity contribution in [2.75, 3.05) is 19.7 Å². The fraction of sp³-hybridized carbons (Fsp3) is 0.944. The van der Waals surface area contributed by atoms with E-state index in [4.69, 9.17) is 9.47 Å². The van der Waals surface area contributed by atoms with E-state index < -0.39 is 5.60 Å². The van der Waals surface area contributed by atoms with Crippen LogP contribution >= 0.6 is 0 Å². The van der Waals surface area contributed by atoms with Crippen molar-refractivity contribution in [3.05, 3.63) is 0 Å². The summed E-state index contributed by atoms with van der Waals surface area (Å²) in [4.78, 5) is 14.1. The molecule has 2 heterocycles. The average Bonchev–Trinajstić information content (AvgIpc) is 2.71. The Hall–Kier alpha value is -0.810. The number of hydrogen-bond donors (Lipinski definition) is 1. The van der Waals surface area contributed by atoms with Crippen molar-refractivity contribution in [3.63, 3.8) is 0 Å². The van der Waals surface area contributed by atoms with Gasteiger partial charge in [-0.15, -0.1) is 0 Å². The zero-order valence-electron chi connectivity index (χ0n) is 15.3. The first-order valence-corrected chi connectivity index (χ1v) is 9.23. The van der Waals surface area contributed by atoms with Crippen molar-refractivity contribution in [1.29, 1.82) is 0 Å². The molecule has 0 aromatic rings. The van der Waals surface area contributed by atoms with Gasteiger partial charge in [0, 0.05) is 31.8 Å². The largest absolute Gasteiger partial charge is 0.444 e. The maximum absolute atomic E-state index is 12.2. The molecule has 2 saturated heterocycles. The molecule has 0 bridgehead atoms. The van der Waals surface area contributed by atoms with Crippen molar-refractivity contribution < 1.29 is 14.3 Å². The number of carbonyl (C=O) groups excluding carboxylic acids is 1. The van der Waals surface area contributed by atoms with Crippen molar-refractivity contribution >= 4 is 6.09 Å². The molecule has 2 rings (SSSR count). The summed E-state index contributed by atoms with van der Waals surface area (Å²) in [5.74, 6) is 0. The molecular weight excluding hydrogens is 292 g/mol. The average molecular weight is 326 g/mol. The van der Waals surface area contributed by atoms with Crippen LogP contribution in [-0.4, -0.2) is 54.5 Å². The Bertz CT molecular complexity index is 381. The van der Waals surface area contributed by atoms with Crippen LogP contribution < -0.4 is 5.32 Å². The molecule has 2 aliphatic rings. The van der Waals surface area contributed by atoms with E-state index in [0.717, 1.165) is 58.2 Å². The molecule has 0 aliphatic carbocycles. The second-order valence-electron chi connectivity index (χ2n) is 7.88. The maximum Gasteiger partial charge on any atom is 0.410 e. The van der Waals surface area contributed by atoms with Crippen LogP contribution in [0.25, 0.3) is 0 Å². The third kappa shape index (κ3) is 6.30. The first kappa shape index (κ1) is 18.5. The lowest BCUT2D eigenvalue weighted by Crippen LogP contribution is -2.44. The van der Waals surface area contributed by atoms with Crippen molar-refractivity contribution in [3.8, 4) is 0 Å². The van der Waals surface area contributed by atoms with Gasteiger partial charge in [-0.3, -0.25) is 0 Å². The molecule has 23 heavy (non-hydrogen) atoms. The summed E-state index contributed by atoms with van der Waals surface area (Å²) >= 11 is 0. The first-order valence-electron chi connectivity index (χ1n) is 9.23. The number of nitrogens with zero attached hydrogens (tertiary/aromatic N) is 1. The molecule has 0 aromatic heterocycles. The van der Waals surface area contributed by atoms with Gasteiger partial charge >= 0.3 is 6.09 Å². The molecule has 3 atom stereocenters. The van der Waals surface area contributed by atoms with Crippen LogP contribution in [0.15, 0.2) is 0 Å². The molecule has 0 saturated carbocycles. The predicted octanol–water partition coefficient (Wildman–Crippen LogP) is 3.32. The quantitative estimate of drug-likeness (QED) is 0.864. The molecule has 2 fully saturated rings. The van der Waals surface area contributed by atoms with E-state index in [1.165, 1.54) is 0 Å². The van der Waals surface area contributed by atoms with E-state index >= 15 is 0 Å². The summed E-state index contributed by atoms with van der Waals surface area (Å²) in [5.41, 5.74) is -0.418. The Morgan fingerprint density at radius 2 is 2.00 bits per heavy atom. The van der Waals surface area contributed by atoms with Crippen LogP contribution in [0.5, 0.6) is 0 Å². The van der Waals surface area contributed by atoms with Gasteiger partial charge in [0.05, 0.1) is 6.10 Å². The number of hydrogen-bond acceptors (Lipinski definition) is 4. The lowest BCUT2D eigenvalue weighted by molar-refractivity contribution is -0.00225. The van der Waals surface area contributed by atoms with Gasteiger partial charge in [0.15, 0.2) is 0 Å². The lowest BCUT2D eigenvalue weighted by atomic mass is 9.99. The summed E-state index contributed by atoms with van der Waals surface area (Å²) in [7, 11) is 0. The Labute approximate surface area is 141 Å². The number of amides is 1. The Balaban J connectivity index is 1.78. The fourth-order valence-corrected chi connectivity index (χ4v) is 3.42. The molecule has 2 aliphatic heterocycles. The summed E-state index contributed by atoms with van der Waals surface area (Å²) < 4.78 is 11.3. The SMILES string of the molecule is CCC1CC(NC2CCCN(C(=O)OC(C)(C)C)CC2)CCO1. The molecule has 134 valence electrons. The van der Waals surface area contributed by atoms with Crippen molar-refractivity contribution in [2.45, 2.75) is 90.0 Å². The number of rotatable bonds is 3. The van der Waals surface area contributed by atoms with E-state index in [0.29, 0.717) is 18.2 Å². The third-order valence-electron chi connectivity index (χ3n) is 4.67. The second-order valence-corrected chi connectivity index (χ2v) is 7.88. The minimum atomic E-state index is -0.418. The van der Waals surface area contributed by atoms with E-state index in [9.17, 15) is 4.79 Å². The monoisotopic (exact) mass is 326 g/mol. The van der Waals surface area contributed by atoms with Gasteiger partial charge in [0.25, 0.3) is 0 Å². The maximum atomic E-state index is 12.2. The molecule has 1 N–H and O–H groups in total. The van der Waals surface area contributed by atoms with Crippen molar-refractivity contribution in [1.82, 2.24) is 10.2 Å². The van der Waals surface area contributed by atoms with E-state index in [1.54, 1.807) is 0 Å². The van der Waals surface area contributed by atoms with Gasteiger partial charge in [-0.1, -0.05) is 6.92 Å². The molecule has 1 amide bonds. The smallest absolute Gasteiger partial charge is 0.410 e. The standard InChI is InChI=1S/C18H34N2O3/c1-5-16-13-15(9-12-22-16)19-14-7-6-10-20(11-8-14)17(21)23-18(2,3)4/h14-16,19H,5-13H2,1-4H3. The van der Waals surface area contributed by atoms with Gasteiger partial charge in [0.1, 0.15) is 5.60 Å². The van der Waals surface area contributed by atoms with Crippen LogP contribution in [0.4, 0.5) is 4.79 Å². The van der Waals surface area contributed by atoms with Gasteiger partial charge < -0.3 is 19.7 Å². The zero-order valence-corrected chi connectivity index (χ0v) is 15.3. The highest BCUT2D eigenvalue weighted by Crippen LogP contribution is 2.20. The Morgan fingerprint density at radius 3 is 2.70 bits per heavy atom. The minimum Gasteiger partial charge on any atom is -0.444 e. The molecule has 5 nitrogen and oxygen atoms in total. The summed E-state index contributed by atoms with van der Waals surface area (Å²) in [6.07, 6.45) is 6.72. The molecule has 0 spiro atoms. The fourth-order valence-electron chi connectivity index (χ4n) is 3.42. The normalized spacial score (nSPS) is 29.9. The van der Waals surface area contributed by atoms with Crippen LogP contribution in [0.1, 0.15) is 66.2 Å². The molecule has 0 radical (unpaired) electrons. The van der Waals surface area contributed by atoms with Crippen LogP contribution in [-0.2, 0) is 9.47 Å². The number of ether oxygens (including phenoxy) is 2. The molecule has 3 unspecified atom stereocenters. The Morgan fingerprint density at radius 1 is 1.22 bits per heavy atom.